The molecule has 1 unspecified atom stereocenters. The molecule has 0 radical (unpaired) electrons. The van der Waals surface area contributed by atoms with E-state index in [0.29, 0.717) is 43.9 Å². The molecule has 1 amide bonds. The first-order valence-corrected chi connectivity index (χ1v) is 9.27. The first-order valence-electron chi connectivity index (χ1n) is 9.27. The van der Waals surface area contributed by atoms with Crippen molar-refractivity contribution in [3.8, 4) is 5.75 Å². The van der Waals surface area contributed by atoms with Crippen LogP contribution in [0.25, 0.3) is 0 Å². The minimum atomic E-state index is -0.382. The van der Waals surface area contributed by atoms with Crippen molar-refractivity contribution in [3.05, 3.63) is 30.1 Å². The molecule has 0 spiro atoms. The number of benzene rings is 1. The van der Waals surface area contributed by atoms with Crippen LogP contribution in [-0.2, 0) is 4.74 Å². The highest BCUT2D eigenvalue weighted by Crippen LogP contribution is 2.32. The van der Waals surface area contributed by atoms with E-state index in [1.54, 1.807) is 26.1 Å². The fourth-order valence-electron chi connectivity index (χ4n) is 2.68. The van der Waals surface area contributed by atoms with E-state index in [0.717, 1.165) is 12.8 Å². The standard InChI is InChI=1S/C19H29FN4O3.HI/c1-4-26-19(25)23-17(14-5-6-14)13-22-18(21-2)24(3)11-12-27-16-9-7-15(20)8-10-16;/h7-10,14,17H,4-6,11-13H2,1-3H3,(H,21,22)(H,23,25);1H. The van der Waals surface area contributed by atoms with E-state index >= 15 is 0 Å². The fraction of sp³-hybridized carbons (Fsp3) is 0.579. The van der Waals surface area contributed by atoms with Gasteiger partial charge in [0.15, 0.2) is 5.96 Å². The molecule has 1 fully saturated rings. The molecule has 28 heavy (non-hydrogen) atoms. The van der Waals surface area contributed by atoms with E-state index in [9.17, 15) is 9.18 Å². The number of hydrogen-bond donors (Lipinski definition) is 2. The number of rotatable bonds is 9. The summed E-state index contributed by atoms with van der Waals surface area (Å²) in [4.78, 5) is 17.9. The highest BCUT2D eigenvalue weighted by molar-refractivity contribution is 14.0. The summed E-state index contributed by atoms with van der Waals surface area (Å²) in [7, 11) is 3.62. The summed E-state index contributed by atoms with van der Waals surface area (Å²) >= 11 is 0. The molecule has 7 nitrogen and oxygen atoms in total. The van der Waals surface area contributed by atoms with E-state index < -0.39 is 0 Å². The Balaban J connectivity index is 0.00000392. The van der Waals surface area contributed by atoms with Crippen molar-refractivity contribution in [3.63, 3.8) is 0 Å². The number of hydrogen-bond acceptors (Lipinski definition) is 4. The third-order valence-corrected chi connectivity index (χ3v) is 4.33. The molecule has 1 saturated carbocycles. The summed E-state index contributed by atoms with van der Waals surface area (Å²) in [5.74, 6) is 1.53. The average molecular weight is 508 g/mol. The Hall–Kier alpha value is -1.78. The SMILES string of the molecule is CCOC(=O)NC(CNC(=NC)N(C)CCOc1ccc(F)cc1)C1CC1.I. The van der Waals surface area contributed by atoms with Gasteiger partial charge in [-0.3, -0.25) is 4.99 Å². The number of alkyl carbamates (subject to hydrolysis) is 1. The second-order valence-corrected chi connectivity index (χ2v) is 6.46. The van der Waals surface area contributed by atoms with Gasteiger partial charge in [0, 0.05) is 20.6 Å². The predicted octanol–water partition coefficient (Wildman–Crippen LogP) is 2.85. The molecule has 158 valence electrons. The van der Waals surface area contributed by atoms with Gasteiger partial charge in [0.05, 0.1) is 19.2 Å². The van der Waals surface area contributed by atoms with Crippen LogP contribution in [0.3, 0.4) is 0 Å². The number of likely N-dealkylation sites (N-methyl/N-ethyl adjacent to an activating group) is 1. The molecule has 0 saturated heterocycles. The minimum absolute atomic E-state index is 0. The number of nitrogens with one attached hydrogen (secondary N) is 2. The molecule has 0 heterocycles. The molecule has 2 rings (SSSR count). The normalized spacial score (nSPS) is 14.5. The van der Waals surface area contributed by atoms with Gasteiger partial charge in [0.25, 0.3) is 0 Å². The lowest BCUT2D eigenvalue weighted by Crippen LogP contribution is -2.49. The molecule has 0 aromatic heterocycles. The minimum Gasteiger partial charge on any atom is -0.492 e. The maximum absolute atomic E-state index is 12.9. The summed E-state index contributed by atoms with van der Waals surface area (Å²) < 4.78 is 23.5. The third-order valence-electron chi connectivity index (χ3n) is 4.33. The number of ether oxygens (including phenoxy) is 2. The van der Waals surface area contributed by atoms with E-state index in [1.165, 1.54) is 12.1 Å². The van der Waals surface area contributed by atoms with Crippen LogP contribution >= 0.6 is 24.0 Å². The molecule has 1 aromatic carbocycles. The monoisotopic (exact) mass is 508 g/mol. The van der Waals surface area contributed by atoms with Crippen LogP contribution in [0.1, 0.15) is 19.8 Å². The van der Waals surface area contributed by atoms with Gasteiger partial charge in [0.1, 0.15) is 18.2 Å². The second-order valence-electron chi connectivity index (χ2n) is 6.46. The molecule has 9 heteroatoms. The van der Waals surface area contributed by atoms with Gasteiger partial charge in [-0.1, -0.05) is 0 Å². The van der Waals surface area contributed by atoms with Gasteiger partial charge < -0.3 is 25.0 Å². The number of amides is 1. The number of guanidine groups is 1. The number of carbonyl (C=O) groups is 1. The van der Waals surface area contributed by atoms with Crippen molar-refractivity contribution >= 4 is 36.0 Å². The maximum Gasteiger partial charge on any atom is 0.407 e. The maximum atomic E-state index is 12.9. The zero-order valence-corrected chi connectivity index (χ0v) is 18.9. The van der Waals surface area contributed by atoms with Gasteiger partial charge in [-0.05, 0) is 49.9 Å². The van der Waals surface area contributed by atoms with Crippen LogP contribution in [-0.4, -0.2) is 63.4 Å². The van der Waals surface area contributed by atoms with Gasteiger partial charge in [0.2, 0.25) is 0 Å². The van der Waals surface area contributed by atoms with Crippen molar-refractivity contribution < 1.29 is 18.7 Å². The lowest BCUT2D eigenvalue weighted by molar-refractivity contribution is 0.146. The van der Waals surface area contributed by atoms with Gasteiger partial charge in [-0.15, -0.1) is 24.0 Å². The van der Waals surface area contributed by atoms with Crippen molar-refractivity contribution in [2.75, 3.05) is 40.4 Å². The van der Waals surface area contributed by atoms with Gasteiger partial charge >= 0.3 is 6.09 Å². The topological polar surface area (TPSA) is 75.2 Å². The van der Waals surface area contributed by atoms with Crippen molar-refractivity contribution in [1.82, 2.24) is 15.5 Å². The van der Waals surface area contributed by atoms with Crippen LogP contribution < -0.4 is 15.4 Å². The Bertz CT molecular complexity index is 626. The number of aliphatic imine (C=N–C) groups is 1. The third kappa shape index (κ3) is 8.49. The molecule has 1 aliphatic rings. The van der Waals surface area contributed by atoms with Gasteiger partial charge in [-0.2, -0.15) is 0 Å². The first kappa shape index (κ1) is 24.3. The predicted molar refractivity (Wildman–Crippen MR) is 118 cm³/mol. The van der Waals surface area contributed by atoms with E-state index in [-0.39, 0.29) is 41.9 Å². The largest absolute Gasteiger partial charge is 0.492 e. The van der Waals surface area contributed by atoms with Crippen LogP contribution in [0.15, 0.2) is 29.3 Å². The van der Waals surface area contributed by atoms with Crippen molar-refractivity contribution in [2.45, 2.75) is 25.8 Å². The smallest absolute Gasteiger partial charge is 0.407 e. The van der Waals surface area contributed by atoms with Crippen LogP contribution in [0.5, 0.6) is 5.75 Å². The van der Waals surface area contributed by atoms with Crippen molar-refractivity contribution in [1.29, 1.82) is 0 Å². The Morgan fingerprint density at radius 1 is 1.36 bits per heavy atom. The summed E-state index contributed by atoms with van der Waals surface area (Å²) in [6.07, 6.45) is 1.84. The fourth-order valence-corrected chi connectivity index (χ4v) is 2.68. The van der Waals surface area contributed by atoms with E-state index in [4.69, 9.17) is 9.47 Å². The lowest BCUT2D eigenvalue weighted by Gasteiger charge is -2.25. The zero-order valence-electron chi connectivity index (χ0n) is 16.6. The highest BCUT2D eigenvalue weighted by Gasteiger charge is 2.32. The molecule has 0 bridgehead atoms. The molecule has 1 atom stereocenters. The molecule has 2 N–H and O–H groups in total. The number of halogens is 2. The van der Waals surface area contributed by atoms with Crippen LogP contribution in [0.4, 0.5) is 9.18 Å². The Morgan fingerprint density at radius 2 is 2.04 bits per heavy atom. The second kappa shape index (κ2) is 12.6. The summed E-state index contributed by atoms with van der Waals surface area (Å²) in [5.41, 5.74) is 0. The van der Waals surface area contributed by atoms with E-state index in [2.05, 4.69) is 15.6 Å². The number of nitrogens with zero attached hydrogens (tertiary/aromatic N) is 2. The van der Waals surface area contributed by atoms with E-state index in [1.807, 2.05) is 11.9 Å². The average Bonchev–Trinajstić information content (AvgIpc) is 3.48. The van der Waals surface area contributed by atoms with Crippen LogP contribution in [0, 0.1) is 11.7 Å². The Labute approximate surface area is 183 Å². The van der Waals surface area contributed by atoms with Crippen LogP contribution in [0.2, 0.25) is 0 Å². The molecule has 1 aliphatic carbocycles. The van der Waals surface area contributed by atoms with Gasteiger partial charge in [-0.25, -0.2) is 9.18 Å². The highest BCUT2D eigenvalue weighted by atomic mass is 127. The molecular weight excluding hydrogens is 478 g/mol. The summed E-state index contributed by atoms with van der Waals surface area (Å²) in [6.45, 7) is 3.77. The number of carbonyl (C=O) groups excluding carboxylic acids is 1. The summed E-state index contributed by atoms with van der Waals surface area (Å²) in [5, 5.41) is 6.21. The molecule has 0 aliphatic heterocycles. The summed E-state index contributed by atoms with van der Waals surface area (Å²) in [6, 6.07) is 5.96. The first-order chi connectivity index (χ1) is 13.0. The molecular formula is C19H30FIN4O3. The lowest BCUT2D eigenvalue weighted by atomic mass is 10.2. The quantitative estimate of drug-likeness (QED) is 0.305. The zero-order chi connectivity index (χ0) is 19.6. The molecule has 1 aromatic rings. The Kier molecular flexibility index (Phi) is 10.9. The Morgan fingerprint density at radius 3 is 2.61 bits per heavy atom. The van der Waals surface area contributed by atoms with Crippen molar-refractivity contribution in [2.24, 2.45) is 10.9 Å².